The van der Waals surface area contributed by atoms with E-state index < -0.39 is 5.60 Å². The van der Waals surface area contributed by atoms with Crippen LogP contribution < -0.4 is 4.90 Å². The lowest BCUT2D eigenvalue weighted by molar-refractivity contribution is -0.384. The lowest BCUT2D eigenvalue weighted by atomic mass is 9.87. The highest BCUT2D eigenvalue weighted by atomic mass is 16.6. The Morgan fingerprint density at radius 2 is 1.92 bits per heavy atom. The molecular weight excluding hydrogens is 310 g/mol. The van der Waals surface area contributed by atoms with E-state index in [0.717, 1.165) is 30.8 Å². The number of nitrogens with zero attached hydrogens (tertiary/aromatic N) is 3. The quantitative estimate of drug-likeness (QED) is 0.614. The van der Waals surface area contributed by atoms with Crippen molar-refractivity contribution in [2.24, 2.45) is 0 Å². The molecule has 1 aromatic carbocycles. The molecule has 1 aromatic rings. The first kappa shape index (κ1) is 16.5. The Labute approximate surface area is 141 Å². The summed E-state index contributed by atoms with van der Waals surface area (Å²) in [6, 6.07) is 5.23. The van der Waals surface area contributed by atoms with Crippen molar-refractivity contribution < 1.29 is 14.5 Å². The normalized spacial score (nSPS) is 22.8. The zero-order chi connectivity index (χ0) is 17.6. The van der Waals surface area contributed by atoms with Crippen molar-refractivity contribution in [1.82, 2.24) is 4.90 Å². The summed E-state index contributed by atoms with van der Waals surface area (Å²) in [6.45, 7) is 8.95. The van der Waals surface area contributed by atoms with Crippen LogP contribution in [0.3, 0.4) is 0 Å². The van der Waals surface area contributed by atoms with Crippen LogP contribution in [0.4, 0.5) is 16.2 Å². The maximum atomic E-state index is 12.3. The molecule has 0 spiro atoms. The number of anilines is 1. The molecule has 2 unspecified atom stereocenters. The third-order valence-electron chi connectivity index (χ3n) is 4.53. The molecule has 3 aliphatic rings. The summed E-state index contributed by atoms with van der Waals surface area (Å²) in [7, 11) is 0. The molecule has 3 heterocycles. The van der Waals surface area contributed by atoms with Gasteiger partial charge < -0.3 is 9.64 Å². The number of rotatable bonds is 2. The van der Waals surface area contributed by atoms with Crippen molar-refractivity contribution in [3.05, 3.63) is 33.9 Å². The fourth-order valence-corrected chi connectivity index (χ4v) is 3.53. The Morgan fingerprint density at radius 1 is 1.29 bits per heavy atom. The molecule has 4 rings (SSSR count). The number of piperazine rings is 1. The van der Waals surface area contributed by atoms with E-state index in [1.54, 1.807) is 12.1 Å². The van der Waals surface area contributed by atoms with Gasteiger partial charge in [0.2, 0.25) is 0 Å². The van der Waals surface area contributed by atoms with Gasteiger partial charge >= 0.3 is 6.09 Å². The molecule has 24 heavy (non-hydrogen) atoms. The first-order valence-electron chi connectivity index (χ1n) is 8.17. The van der Waals surface area contributed by atoms with Crippen molar-refractivity contribution in [3.63, 3.8) is 0 Å². The van der Waals surface area contributed by atoms with E-state index in [-0.39, 0.29) is 28.8 Å². The van der Waals surface area contributed by atoms with Gasteiger partial charge in [-0.2, -0.15) is 0 Å². The van der Waals surface area contributed by atoms with Crippen LogP contribution in [0.1, 0.15) is 32.8 Å². The SMILES string of the molecule is Cc1cc([N+](=O)[O-])ccc1N1CC2CC(C1)N2C(=O)OC(C)(C)C. The second kappa shape index (κ2) is 5.65. The molecule has 3 saturated heterocycles. The van der Waals surface area contributed by atoms with Crippen molar-refractivity contribution in [2.45, 2.75) is 51.8 Å². The van der Waals surface area contributed by atoms with Crippen molar-refractivity contribution in [3.8, 4) is 0 Å². The Balaban J connectivity index is 1.70. The molecule has 1 amide bonds. The molecule has 2 bridgehead atoms. The summed E-state index contributed by atoms with van der Waals surface area (Å²) in [6.07, 6.45) is 0.741. The number of carbonyl (C=O) groups excluding carboxylic acids is 1. The minimum Gasteiger partial charge on any atom is -0.444 e. The maximum absolute atomic E-state index is 12.3. The lowest BCUT2D eigenvalue weighted by Crippen LogP contribution is -2.70. The van der Waals surface area contributed by atoms with Gasteiger partial charge in [0.25, 0.3) is 5.69 Å². The predicted octanol–water partition coefficient (Wildman–Crippen LogP) is 3.10. The Morgan fingerprint density at radius 3 is 2.42 bits per heavy atom. The van der Waals surface area contributed by atoms with Crippen LogP contribution in [0.25, 0.3) is 0 Å². The molecule has 3 fully saturated rings. The number of amides is 1. The first-order chi connectivity index (χ1) is 11.2. The Hall–Kier alpha value is -2.31. The largest absolute Gasteiger partial charge is 0.444 e. The summed E-state index contributed by atoms with van der Waals surface area (Å²) in [5.41, 5.74) is 1.50. The van der Waals surface area contributed by atoms with Crippen molar-refractivity contribution >= 4 is 17.5 Å². The fourth-order valence-electron chi connectivity index (χ4n) is 3.53. The van der Waals surface area contributed by atoms with Gasteiger partial charge in [-0.05, 0) is 45.7 Å². The van der Waals surface area contributed by atoms with E-state index in [9.17, 15) is 14.9 Å². The van der Waals surface area contributed by atoms with E-state index in [2.05, 4.69) is 4.90 Å². The maximum Gasteiger partial charge on any atom is 0.410 e. The number of hydrogen-bond donors (Lipinski definition) is 0. The lowest BCUT2D eigenvalue weighted by Gasteiger charge is -2.56. The van der Waals surface area contributed by atoms with E-state index >= 15 is 0 Å². The summed E-state index contributed by atoms with van der Waals surface area (Å²) < 4.78 is 5.48. The van der Waals surface area contributed by atoms with Gasteiger partial charge in [0.1, 0.15) is 5.60 Å². The molecule has 7 nitrogen and oxygen atoms in total. The molecule has 7 heteroatoms. The van der Waals surface area contributed by atoms with Crippen LogP contribution in [0.2, 0.25) is 0 Å². The zero-order valence-electron chi connectivity index (χ0n) is 14.5. The highest BCUT2D eigenvalue weighted by Gasteiger charge is 2.49. The highest BCUT2D eigenvalue weighted by Crippen LogP contribution is 2.37. The van der Waals surface area contributed by atoms with Crippen LogP contribution in [0, 0.1) is 17.0 Å². The molecule has 0 aromatic heterocycles. The minimum atomic E-state index is -0.490. The van der Waals surface area contributed by atoms with Gasteiger partial charge in [0.05, 0.1) is 17.0 Å². The number of ether oxygens (including phenoxy) is 1. The monoisotopic (exact) mass is 333 g/mol. The molecule has 0 aliphatic carbocycles. The summed E-state index contributed by atoms with van der Waals surface area (Å²) in [5, 5.41) is 10.9. The van der Waals surface area contributed by atoms with Crippen LogP contribution in [0.15, 0.2) is 18.2 Å². The molecule has 0 saturated carbocycles. The van der Waals surface area contributed by atoms with E-state index in [1.165, 1.54) is 6.07 Å². The molecule has 0 N–H and O–H groups in total. The average molecular weight is 333 g/mol. The average Bonchev–Trinajstić information content (AvgIpc) is 2.44. The predicted molar refractivity (Wildman–Crippen MR) is 90.3 cm³/mol. The van der Waals surface area contributed by atoms with Gasteiger partial charge in [0, 0.05) is 30.9 Å². The third kappa shape index (κ3) is 3.02. The Bertz CT molecular complexity index is 671. The number of piperidine rings is 1. The number of nitro benzene ring substituents is 1. The van der Waals surface area contributed by atoms with Gasteiger partial charge in [-0.15, -0.1) is 0 Å². The first-order valence-corrected chi connectivity index (χ1v) is 8.17. The van der Waals surface area contributed by atoms with Crippen molar-refractivity contribution in [2.75, 3.05) is 18.0 Å². The highest BCUT2D eigenvalue weighted by molar-refractivity contribution is 5.71. The molecule has 3 aliphatic heterocycles. The number of carbonyl (C=O) groups is 1. The molecule has 0 radical (unpaired) electrons. The third-order valence-corrected chi connectivity index (χ3v) is 4.53. The second-order valence-corrected chi connectivity index (χ2v) is 7.56. The van der Waals surface area contributed by atoms with Gasteiger partial charge in [-0.1, -0.05) is 0 Å². The second-order valence-electron chi connectivity index (χ2n) is 7.56. The Kier molecular flexibility index (Phi) is 3.89. The molecular formula is C17H23N3O4. The molecule has 130 valence electrons. The van der Waals surface area contributed by atoms with Gasteiger partial charge in [-0.25, -0.2) is 4.79 Å². The number of fused-ring (bicyclic) bond motifs is 2. The van der Waals surface area contributed by atoms with Crippen molar-refractivity contribution in [1.29, 1.82) is 0 Å². The zero-order valence-corrected chi connectivity index (χ0v) is 14.5. The van der Waals surface area contributed by atoms with Gasteiger partial charge in [-0.3, -0.25) is 15.0 Å². The number of aryl methyl sites for hydroxylation is 1. The summed E-state index contributed by atoms with van der Waals surface area (Å²) in [5.74, 6) is 0. The van der Waals surface area contributed by atoms with E-state index in [0.29, 0.717) is 0 Å². The van der Waals surface area contributed by atoms with Crippen LogP contribution in [0.5, 0.6) is 0 Å². The summed E-state index contributed by atoms with van der Waals surface area (Å²) >= 11 is 0. The van der Waals surface area contributed by atoms with E-state index in [1.807, 2.05) is 32.6 Å². The summed E-state index contributed by atoms with van der Waals surface area (Å²) in [4.78, 5) is 26.8. The number of nitro groups is 1. The minimum absolute atomic E-state index is 0.105. The fraction of sp³-hybridized carbons (Fsp3) is 0.588. The number of non-ortho nitro benzene ring substituents is 1. The smallest absolute Gasteiger partial charge is 0.410 e. The van der Waals surface area contributed by atoms with Crippen LogP contribution in [-0.4, -0.2) is 46.7 Å². The van der Waals surface area contributed by atoms with Crippen LogP contribution in [-0.2, 0) is 4.74 Å². The van der Waals surface area contributed by atoms with E-state index in [4.69, 9.17) is 4.74 Å². The van der Waals surface area contributed by atoms with Gasteiger partial charge in [0.15, 0.2) is 0 Å². The molecule has 2 atom stereocenters. The standard InChI is InChI=1S/C17H23N3O4/c1-11-7-12(20(22)23)5-6-15(11)18-9-13-8-14(10-18)19(13)16(21)24-17(2,3)4/h5-7,13-14H,8-10H2,1-4H3. The topological polar surface area (TPSA) is 75.9 Å². The number of hydrogen-bond acceptors (Lipinski definition) is 5. The number of benzene rings is 1. The van der Waals surface area contributed by atoms with Crippen LogP contribution >= 0.6 is 0 Å².